The van der Waals surface area contributed by atoms with E-state index in [0.717, 1.165) is 0 Å². The van der Waals surface area contributed by atoms with Crippen LogP contribution in [0, 0.1) is 5.92 Å². The molecule has 3 nitrogen and oxygen atoms in total. The van der Waals surface area contributed by atoms with Gasteiger partial charge in [-0.15, -0.1) is 11.6 Å². The molecule has 14 heavy (non-hydrogen) atoms. The maximum atomic E-state index is 11.3. The summed E-state index contributed by atoms with van der Waals surface area (Å²) in [5, 5.41) is 2.84. The van der Waals surface area contributed by atoms with Crippen molar-refractivity contribution >= 4 is 17.5 Å². The first-order valence-corrected chi connectivity index (χ1v) is 5.47. The normalized spacial score (nSPS) is 15.3. The number of rotatable bonds is 6. The first-order chi connectivity index (χ1) is 6.47. The highest BCUT2D eigenvalue weighted by Gasteiger charge is 2.13. The molecule has 4 heteroatoms. The van der Waals surface area contributed by atoms with Crippen LogP contribution in [0.15, 0.2) is 0 Å². The Morgan fingerprint density at radius 2 is 1.93 bits per heavy atom. The van der Waals surface area contributed by atoms with Crippen molar-refractivity contribution in [3.05, 3.63) is 0 Å². The van der Waals surface area contributed by atoms with Crippen molar-refractivity contribution in [2.24, 2.45) is 5.92 Å². The molecule has 0 aromatic rings. The Bertz CT molecular complexity index is 174. The van der Waals surface area contributed by atoms with Gasteiger partial charge in [0.05, 0.1) is 6.10 Å². The molecule has 84 valence electrons. The van der Waals surface area contributed by atoms with E-state index in [-0.39, 0.29) is 30.6 Å². The Morgan fingerprint density at radius 1 is 1.36 bits per heavy atom. The van der Waals surface area contributed by atoms with Gasteiger partial charge in [-0.1, -0.05) is 6.92 Å². The quantitative estimate of drug-likeness (QED) is 0.695. The van der Waals surface area contributed by atoms with E-state index in [1.54, 1.807) is 0 Å². The molecule has 1 amide bonds. The second-order valence-electron chi connectivity index (χ2n) is 3.85. The molecule has 0 aliphatic rings. The lowest BCUT2D eigenvalue weighted by Crippen LogP contribution is -2.40. The molecule has 0 aromatic carbocycles. The van der Waals surface area contributed by atoms with Crippen LogP contribution in [0.4, 0.5) is 0 Å². The molecule has 1 N–H and O–H groups in total. The highest BCUT2D eigenvalue weighted by Crippen LogP contribution is 2.04. The van der Waals surface area contributed by atoms with Crippen LogP contribution in [-0.4, -0.2) is 30.5 Å². The fraction of sp³-hybridized carbons (Fsp3) is 0.900. The summed E-state index contributed by atoms with van der Waals surface area (Å²) < 4.78 is 5.17. The zero-order chi connectivity index (χ0) is 11.1. The molecule has 0 fully saturated rings. The largest absolute Gasteiger partial charge is 0.369 e. The van der Waals surface area contributed by atoms with Crippen molar-refractivity contribution in [2.45, 2.75) is 39.8 Å². The third kappa shape index (κ3) is 6.22. The summed E-state index contributed by atoms with van der Waals surface area (Å²) in [7, 11) is 0. The van der Waals surface area contributed by atoms with Crippen molar-refractivity contribution in [2.75, 3.05) is 12.5 Å². The first kappa shape index (κ1) is 13.7. The average Bonchev–Trinajstić information content (AvgIpc) is 2.13. The average molecular weight is 222 g/mol. The number of amides is 1. The van der Waals surface area contributed by atoms with Crippen molar-refractivity contribution in [3.63, 3.8) is 0 Å². The number of hydrogen-bond donors (Lipinski definition) is 1. The molecule has 0 heterocycles. The van der Waals surface area contributed by atoms with Gasteiger partial charge in [-0.05, 0) is 26.7 Å². The second-order valence-corrected chi connectivity index (χ2v) is 4.16. The molecule has 0 aliphatic heterocycles. The zero-order valence-electron chi connectivity index (χ0n) is 9.34. The van der Waals surface area contributed by atoms with Gasteiger partial charge < -0.3 is 10.1 Å². The maximum Gasteiger partial charge on any atom is 0.246 e. The van der Waals surface area contributed by atoms with Crippen LogP contribution in [0.5, 0.6) is 0 Å². The van der Waals surface area contributed by atoms with Crippen molar-refractivity contribution in [1.82, 2.24) is 5.32 Å². The minimum absolute atomic E-state index is 0.0804. The lowest BCUT2D eigenvalue weighted by molar-refractivity contribution is -0.127. The molecule has 0 rings (SSSR count). The van der Waals surface area contributed by atoms with Crippen molar-refractivity contribution in [1.29, 1.82) is 0 Å². The fourth-order valence-corrected chi connectivity index (χ4v) is 1.08. The van der Waals surface area contributed by atoms with E-state index >= 15 is 0 Å². The SMILES string of the molecule is CC(C)OCC(=O)NC(C)C(C)CCl. The second kappa shape index (κ2) is 7.07. The van der Waals surface area contributed by atoms with E-state index in [9.17, 15) is 4.79 Å². The maximum absolute atomic E-state index is 11.3. The lowest BCUT2D eigenvalue weighted by atomic mass is 10.1. The van der Waals surface area contributed by atoms with E-state index in [0.29, 0.717) is 5.88 Å². The first-order valence-electron chi connectivity index (χ1n) is 4.94. The van der Waals surface area contributed by atoms with Crippen LogP contribution >= 0.6 is 11.6 Å². The van der Waals surface area contributed by atoms with Gasteiger partial charge in [0.2, 0.25) is 5.91 Å². The Balaban J connectivity index is 3.71. The third-order valence-corrected chi connectivity index (χ3v) is 2.52. The van der Waals surface area contributed by atoms with Gasteiger partial charge in [-0.3, -0.25) is 4.79 Å². The van der Waals surface area contributed by atoms with E-state index in [1.165, 1.54) is 0 Å². The van der Waals surface area contributed by atoms with Gasteiger partial charge in [0.1, 0.15) is 6.61 Å². The summed E-state index contributed by atoms with van der Waals surface area (Å²) in [4.78, 5) is 11.3. The molecule has 2 atom stereocenters. The Hall–Kier alpha value is -0.280. The summed E-state index contributed by atoms with van der Waals surface area (Å²) in [5.74, 6) is 0.745. The Kier molecular flexibility index (Phi) is 6.93. The van der Waals surface area contributed by atoms with Crippen molar-refractivity contribution in [3.8, 4) is 0 Å². The molecule has 0 aromatic heterocycles. The smallest absolute Gasteiger partial charge is 0.246 e. The predicted molar refractivity (Wildman–Crippen MR) is 58.6 cm³/mol. The predicted octanol–water partition coefficient (Wildman–Crippen LogP) is 1.79. The van der Waals surface area contributed by atoms with Gasteiger partial charge in [-0.2, -0.15) is 0 Å². The van der Waals surface area contributed by atoms with E-state index < -0.39 is 0 Å². The van der Waals surface area contributed by atoms with E-state index in [1.807, 2.05) is 27.7 Å². The number of hydrogen-bond acceptors (Lipinski definition) is 2. The highest BCUT2D eigenvalue weighted by atomic mass is 35.5. The van der Waals surface area contributed by atoms with E-state index in [2.05, 4.69) is 5.32 Å². The summed E-state index contributed by atoms with van der Waals surface area (Å²) in [5.41, 5.74) is 0. The van der Waals surface area contributed by atoms with Gasteiger partial charge in [-0.25, -0.2) is 0 Å². The van der Waals surface area contributed by atoms with Crippen molar-refractivity contribution < 1.29 is 9.53 Å². The van der Waals surface area contributed by atoms with Gasteiger partial charge in [0.25, 0.3) is 0 Å². The number of nitrogens with one attached hydrogen (secondary N) is 1. The number of carbonyl (C=O) groups is 1. The number of carbonyl (C=O) groups excluding carboxylic acids is 1. The summed E-state index contributed by atoms with van der Waals surface area (Å²) in [6.07, 6.45) is 0.0847. The third-order valence-electron chi connectivity index (χ3n) is 2.03. The zero-order valence-corrected chi connectivity index (χ0v) is 10.1. The molecule has 0 saturated carbocycles. The molecule has 0 spiro atoms. The highest BCUT2D eigenvalue weighted by molar-refractivity contribution is 6.18. The molecule has 0 aliphatic carbocycles. The molecule has 0 saturated heterocycles. The number of alkyl halides is 1. The topological polar surface area (TPSA) is 38.3 Å². The van der Waals surface area contributed by atoms with Crippen LogP contribution in [0.3, 0.4) is 0 Å². The summed E-state index contributed by atoms with van der Waals surface area (Å²) >= 11 is 5.68. The fourth-order valence-electron chi connectivity index (χ4n) is 0.814. The van der Waals surface area contributed by atoms with E-state index in [4.69, 9.17) is 16.3 Å². The Morgan fingerprint density at radius 3 is 2.36 bits per heavy atom. The standard InChI is InChI=1S/C10H20ClNO2/c1-7(2)14-6-10(13)12-9(4)8(3)5-11/h7-9H,5-6H2,1-4H3,(H,12,13). The summed E-state index contributed by atoms with van der Waals surface area (Å²) in [6.45, 7) is 7.87. The van der Waals surface area contributed by atoms with Gasteiger partial charge >= 0.3 is 0 Å². The minimum atomic E-state index is -0.0804. The van der Waals surface area contributed by atoms with Crippen LogP contribution in [0.2, 0.25) is 0 Å². The molecule has 2 unspecified atom stereocenters. The van der Waals surface area contributed by atoms with Crippen LogP contribution in [0.25, 0.3) is 0 Å². The molecule has 0 radical (unpaired) electrons. The molecular weight excluding hydrogens is 202 g/mol. The lowest BCUT2D eigenvalue weighted by Gasteiger charge is -2.19. The molecular formula is C10H20ClNO2. The van der Waals surface area contributed by atoms with Crippen LogP contribution in [0.1, 0.15) is 27.7 Å². The van der Waals surface area contributed by atoms with Gasteiger partial charge in [0, 0.05) is 11.9 Å². The number of halogens is 1. The van der Waals surface area contributed by atoms with Gasteiger partial charge in [0.15, 0.2) is 0 Å². The number of ether oxygens (including phenoxy) is 1. The minimum Gasteiger partial charge on any atom is -0.369 e. The molecule has 0 bridgehead atoms. The monoisotopic (exact) mass is 221 g/mol. The Labute approximate surface area is 91.2 Å². The summed E-state index contributed by atoms with van der Waals surface area (Å²) in [6, 6.07) is 0.0933. The van der Waals surface area contributed by atoms with Crippen LogP contribution < -0.4 is 5.32 Å². The van der Waals surface area contributed by atoms with Crippen LogP contribution in [-0.2, 0) is 9.53 Å².